The summed E-state index contributed by atoms with van der Waals surface area (Å²) in [6.07, 6.45) is 6.92. The zero-order valence-corrected chi connectivity index (χ0v) is 25.4. The Morgan fingerprint density at radius 2 is 1.76 bits per heavy atom. The van der Waals surface area contributed by atoms with Crippen molar-refractivity contribution in [1.29, 1.82) is 0 Å². The number of anilines is 2. The molecule has 4 heterocycles. The van der Waals surface area contributed by atoms with Crippen LogP contribution >= 0.6 is 0 Å². The SMILES string of the molecule is C=CC(=O)N1CCN(c2nc(OC(C)CCN3CCCCC3)nc3c2CCN(c2cc(O)ccc2OC(C)C)C3)CC1. The molecule has 2 saturated heterocycles. The molecule has 1 aromatic carbocycles. The summed E-state index contributed by atoms with van der Waals surface area (Å²) in [4.78, 5) is 30.9. The van der Waals surface area contributed by atoms with Gasteiger partial charge in [0.05, 0.1) is 24.0 Å². The maximum atomic E-state index is 12.2. The van der Waals surface area contributed by atoms with Gasteiger partial charge in [-0.25, -0.2) is 0 Å². The second-order valence-corrected chi connectivity index (χ2v) is 11.9. The van der Waals surface area contributed by atoms with E-state index >= 15 is 0 Å². The third kappa shape index (κ3) is 7.27. The monoisotopic (exact) mass is 578 g/mol. The smallest absolute Gasteiger partial charge is 0.318 e. The van der Waals surface area contributed by atoms with Crippen molar-refractivity contribution in [1.82, 2.24) is 19.8 Å². The number of piperidine rings is 1. The second kappa shape index (κ2) is 13.6. The molecule has 2 aromatic rings. The number of carbonyl (C=O) groups excluding carboxylic acids is 1. The van der Waals surface area contributed by atoms with Crippen LogP contribution in [-0.2, 0) is 17.8 Å². The summed E-state index contributed by atoms with van der Waals surface area (Å²) in [5.41, 5.74) is 2.89. The third-order valence-electron chi connectivity index (χ3n) is 8.34. The quantitative estimate of drug-likeness (QED) is 0.420. The van der Waals surface area contributed by atoms with Crippen LogP contribution in [0.2, 0.25) is 0 Å². The summed E-state index contributed by atoms with van der Waals surface area (Å²) in [6, 6.07) is 5.65. The molecule has 10 heteroatoms. The van der Waals surface area contributed by atoms with E-state index in [1.165, 1.54) is 38.4 Å². The fourth-order valence-electron chi connectivity index (χ4n) is 6.07. The van der Waals surface area contributed by atoms with Crippen LogP contribution in [0, 0.1) is 0 Å². The lowest BCUT2D eigenvalue weighted by atomic mass is 10.0. The number of ether oxygens (including phenoxy) is 2. The molecule has 10 nitrogen and oxygen atoms in total. The molecule has 1 amide bonds. The standard InChI is InChI=1S/C32H46N6O4/c1-5-30(40)36-17-19-37(20-18-36)31-26-12-16-38(28-21-25(39)9-10-29(28)41-23(2)3)22-27(26)33-32(34-31)42-24(4)11-15-35-13-7-6-8-14-35/h5,9-10,21,23-24,39H,1,6-8,11-20,22H2,2-4H3. The van der Waals surface area contributed by atoms with Crippen molar-refractivity contribution < 1.29 is 19.4 Å². The molecule has 3 aliphatic rings. The van der Waals surface area contributed by atoms with Gasteiger partial charge in [0, 0.05) is 50.9 Å². The van der Waals surface area contributed by atoms with Crippen LogP contribution in [-0.4, -0.2) is 95.3 Å². The predicted molar refractivity (Wildman–Crippen MR) is 165 cm³/mol. The van der Waals surface area contributed by atoms with Crippen molar-refractivity contribution in [3.63, 3.8) is 0 Å². The minimum atomic E-state index is -0.0351. The predicted octanol–water partition coefficient (Wildman–Crippen LogP) is 4.01. The summed E-state index contributed by atoms with van der Waals surface area (Å²) in [5.74, 6) is 1.81. The third-order valence-corrected chi connectivity index (χ3v) is 8.34. The van der Waals surface area contributed by atoms with Gasteiger partial charge < -0.3 is 34.2 Å². The molecule has 0 bridgehead atoms. The molecule has 0 spiro atoms. The number of aromatic hydroxyl groups is 1. The molecule has 42 heavy (non-hydrogen) atoms. The van der Waals surface area contributed by atoms with E-state index in [-0.39, 0.29) is 23.9 Å². The van der Waals surface area contributed by atoms with E-state index in [9.17, 15) is 9.90 Å². The zero-order valence-electron chi connectivity index (χ0n) is 25.4. The Labute approximate surface area is 249 Å². The fourth-order valence-corrected chi connectivity index (χ4v) is 6.07. The summed E-state index contributed by atoms with van der Waals surface area (Å²) in [6.45, 7) is 17.0. The van der Waals surface area contributed by atoms with Crippen molar-refractivity contribution in [3.05, 3.63) is 42.1 Å². The van der Waals surface area contributed by atoms with Crippen molar-refractivity contribution in [2.75, 3.05) is 62.2 Å². The number of rotatable bonds is 10. The Morgan fingerprint density at radius 3 is 2.48 bits per heavy atom. The van der Waals surface area contributed by atoms with Crippen molar-refractivity contribution in [3.8, 4) is 17.5 Å². The molecule has 1 atom stereocenters. The van der Waals surface area contributed by atoms with Gasteiger partial charge in [0.15, 0.2) is 0 Å². The maximum Gasteiger partial charge on any atom is 0.318 e. The Kier molecular flexibility index (Phi) is 9.72. The number of piperazine rings is 1. The van der Waals surface area contributed by atoms with Crippen LogP contribution < -0.4 is 19.3 Å². The highest BCUT2D eigenvalue weighted by Crippen LogP contribution is 2.37. The van der Waals surface area contributed by atoms with E-state index in [1.54, 1.807) is 12.1 Å². The Bertz CT molecular complexity index is 1240. The summed E-state index contributed by atoms with van der Waals surface area (Å²) in [7, 11) is 0. The topological polar surface area (TPSA) is 94.5 Å². The average Bonchev–Trinajstić information content (AvgIpc) is 3.00. The molecule has 1 aromatic heterocycles. The summed E-state index contributed by atoms with van der Waals surface area (Å²) >= 11 is 0. The lowest BCUT2D eigenvalue weighted by molar-refractivity contribution is -0.126. The van der Waals surface area contributed by atoms with Gasteiger partial charge in [0.25, 0.3) is 0 Å². The number of benzene rings is 1. The van der Waals surface area contributed by atoms with E-state index < -0.39 is 0 Å². The minimum Gasteiger partial charge on any atom is -0.508 e. The van der Waals surface area contributed by atoms with E-state index in [2.05, 4.69) is 28.2 Å². The first-order valence-corrected chi connectivity index (χ1v) is 15.5. The van der Waals surface area contributed by atoms with E-state index in [4.69, 9.17) is 19.4 Å². The number of nitrogens with zero attached hydrogens (tertiary/aromatic N) is 6. The normalized spacial score (nSPS) is 18.5. The number of fused-ring (bicyclic) bond motifs is 1. The van der Waals surface area contributed by atoms with Crippen LogP contribution in [0.1, 0.15) is 57.7 Å². The number of phenolic OH excluding ortho intramolecular Hbond substituents is 1. The van der Waals surface area contributed by atoms with Gasteiger partial charge in [-0.3, -0.25) is 4.79 Å². The lowest BCUT2D eigenvalue weighted by Crippen LogP contribution is -2.49. The van der Waals surface area contributed by atoms with Crippen LogP contribution in [0.15, 0.2) is 30.9 Å². The highest BCUT2D eigenvalue weighted by Gasteiger charge is 2.30. The fraction of sp³-hybridized carbons (Fsp3) is 0.594. The van der Waals surface area contributed by atoms with Gasteiger partial charge in [-0.1, -0.05) is 13.0 Å². The molecule has 228 valence electrons. The molecule has 2 fully saturated rings. The molecular formula is C32H46N6O4. The number of hydrogen-bond donors (Lipinski definition) is 1. The van der Waals surface area contributed by atoms with Gasteiger partial charge in [-0.15, -0.1) is 0 Å². The van der Waals surface area contributed by atoms with Gasteiger partial charge >= 0.3 is 6.01 Å². The summed E-state index contributed by atoms with van der Waals surface area (Å²) < 4.78 is 12.5. The average molecular weight is 579 g/mol. The van der Waals surface area contributed by atoms with Crippen LogP contribution in [0.25, 0.3) is 0 Å². The van der Waals surface area contributed by atoms with Gasteiger partial charge in [-0.05, 0) is 77.8 Å². The van der Waals surface area contributed by atoms with Gasteiger partial charge in [0.1, 0.15) is 23.4 Å². The van der Waals surface area contributed by atoms with Crippen LogP contribution in [0.3, 0.4) is 0 Å². The Morgan fingerprint density at radius 1 is 1.00 bits per heavy atom. The van der Waals surface area contributed by atoms with Crippen LogP contribution in [0.4, 0.5) is 11.5 Å². The summed E-state index contributed by atoms with van der Waals surface area (Å²) in [5, 5.41) is 10.3. The molecule has 0 saturated carbocycles. The van der Waals surface area contributed by atoms with Crippen molar-refractivity contribution >= 4 is 17.4 Å². The number of phenols is 1. The number of hydrogen-bond acceptors (Lipinski definition) is 9. The lowest BCUT2D eigenvalue weighted by Gasteiger charge is -2.38. The molecular weight excluding hydrogens is 532 g/mol. The molecule has 3 aliphatic heterocycles. The molecule has 5 rings (SSSR count). The molecule has 1 N–H and O–H groups in total. The molecule has 1 unspecified atom stereocenters. The zero-order chi connectivity index (χ0) is 29.6. The van der Waals surface area contributed by atoms with Gasteiger partial charge in [-0.2, -0.15) is 9.97 Å². The van der Waals surface area contributed by atoms with Crippen molar-refractivity contribution in [2.45, 2.75) is 71.6 Å². The minimum absolute atomic E-state index is 0.0114. The first-order chi connectivity index (χ1) is 20.3. The number of amides is 1. The van der Waals surface area contributed by atoms with E-state index in [1.807, 2.05) is 24.8 Å². The Balaban J connectivity index is 1.39. The number of carbonyl (C=O) groups is 1. The first kappa shape index (κ1) is 29.9. The first-order valence-electron chi connectivity index (χ1n) is 15.5. The highest BCUT2D eigenvalue weighted by molar-refractivity contribution is 5.87. The highest BCUT2D eigenvalue weighted by atomic mass is 16.5. The van der Waals surface area contributed by atoms with Crippen molar-refractivity contribution in [2.24, 2.45) is 0 Å². The van der Waals surface area contributed by atoms with Crippen LogP contribution in [0.5, 0.6) is 17.5 Å². The molecule has 0 aliphatic carbocycles. The number of aromatic nitrogens is 2. The van der Waals surface area contributed by atoms with E-state index in [0.717, 1.165) is 54.4 Å². The Hall–Kier alpha value is -3.53. The largest absolute Gasteiger partial charge is 0.508 e. The molecule has 0 radical (unpaired) electrons. The maximum absolute atomic E-state index is 12.2. The number of likely N-dealkylation sites (tertiary alicyclic amines) is 1. The van der Waals surface area contributed by atoms with E-state index in [0.29, 0.717) is 38.7 Å². The second-order valence-electron chi connectivity index (χ2n) is 11.9. The van der Waals surface area contributed by atoms with Gasteiger partial charge in [0.2, 0.25) is 5.91 Å².